The Hall–Kier alpha value is -6.25. The van der Waals surface area contributed by atoms with Crippen molar-refractivity contribution in [2.75, 3.05) is 32.0 Å². The van der Waals surface area contributed by atoms with E-state index in [4.69, 9.17) is 34.8 Å². The van der Waals surface area contributed by atoms with Crippen molar-refractivity contribution in [1.29, 1.82) is 5.26 Å². The van der Waals surface area contributed by atoms with Gasteiger partial charge in [0.1, 0.15) is 17.4 Å². The molecule has 7 heterocycles. The van der Waals surface area contributed by atoms with Crippen LogP contribution in [-0.2, 0) is 34.9 Å². The van der Waals surface area contributed by atoms with Crippen molar-refractivity contribution >= 4 is 39.1 Å². The first-order chi connectivity index (χ1) is 33.1. The molecule has 4 aliphatic carbocycles. The van der Waals surface area contributed by atoms with E-state index in [2.05, 4.69) is 49.6 Å². The SMILES string of the molecule is Cn1nc(C2CCC(=O)NC2=O)c2ccc(C3CCC4(CC3)CCN(CC3(COc5cc(Oc6cncnc6)nc(-c6noc7c6CCC[C@@]76CCCc7sc(N)c(C#N)c76)n5)CC3)CC4)cc21. The maximum Gasteiger partial charge on any atom is 0.235 e. The Bertz CT molecular complexity index is 2980. The van der Waals surface area contributed by atoms with Crippen molar-refractivity contribution < 1.29 is 23.6 Å². The van der Waals surface area contributed by atoms with Gasteiger partial charge in [-0.1, -0.05) is 17.3 Å². The lowest BCUT2D eigenvalue weighted by Crippen LogP contribution is -2.44. The van der Waals surface area contributed by atoms with Gasteiger partial charge in [0.25, 0.3) is 0 Å². The normalized spacial score (nSPS) is 23.3. The van der Waals surface area contributed by atoms with E-state index < -0.39 is 11.3 Å². The molecule has 2 aliphatic heterocycles. The fourth-order valence-corrected chi connectivity index (χ4v) is 13.7. The summed E-state index contributed by atoms with van der Waals surface area (Å²) in [6, 6.07) is 10.8. The molecule has 3 N–H and O–H groups in total. The molecule has 2 saturated carbocycles. The van der Waals surface area contributed by atoms with Gasteiger partial charge in [-0.25, -0.2) is 9.97 Å². The summed E-state index contributed by atoms with van der Waals surface area (Å²) in [5.74, 6) is 1.99. The van der Waals surface area contributed by atoms with Gasteiger partial charge in [-0.15, -0.1) is 11.3 Å². The van der Waals surface area contributed by atoms with Gasteiger partial charge in [0.2, 0.25) is 23.6 Å². The second-order valence-corrected chi connectivity index (χ2v) is 21.7. The lowest BCUT2D eigenvalue weighted by atomic mass is 9.63. The van der Waals surface area contributed by atoms with Gasteiger partial charge in [-0.2, -0.15) is 20.3 Å². The third-order valence-electron chi connectivity index (χ3n) is 16.5. The number of nitrogens with zero attached hydrogens (tertiary/aromatic N) is 9. The Labute approximate surface area is 398 Å². The highest BCUT2D eigenvalue weighted by Gasteiger charge is 2.50. The van der Waals surface area contributed by atoms with E-state index in [9.17, 15) is 14.9 Å². The lowest BCUT2D eigenvalue weighted by Gasteiger charge is -2.46. The average molecular weight is 934 g/mol. The van der Waals surface area contributed by atoms with Gasteiger partial charge in [0, 0.05) is 41.3 Å². The molecule has 16 nitrogen and oxygen atoms in total. The van der Waals surface area contributed by atoms with Crippen LogP contribution in [0.2, 0.25) is 0 Å². The van der Waals surface area contributed by atoms with E-state index in [0.717, 1.165) is 104 Å². The minimum Gasteiger partial charge on any atom is -0.477 e. The van der Waals surface area contributed by atoms with Crippen LogP contribution in [-0.4, -0.2) is 77.8 Å². The average Bonchev–Trinajstić information content (AvgIpc) is 3.63. The number of hydrogen-bond donors (Lipinski definition) is 2. The Kier molecular flexibility index (Phi) is 10.6. The largest absolute Gasteiger partial charge is 0.477 e. The van der Waals surface area contributed by atoms with Crippen molar-refractivity contribution in [2.24, 2.45) is 17.9 Å². The van der Waals surface area contributed by atoms with Crippen LogP contribution in [0.25, 0.3) is 22.4 Å². The second kappa shape index (κ2) is 16.8. The second-order valence-electron chi connectivity index (χ2n) is 20.6. The summed E-state index contributed by atoms with van der Waals surface area (Å²) < 4.78 is 21.0. The Morgan fingerprint density at radius 3 is 2.50 bits per heavy atom. The van der Waals surface area contributed by atoms with Crippen LogP contribution in [0.3, 0.4) is 0 Å². The van der Waals surface area contributed by atoms with Crippen LogP contribution in [0.5, 0.6) is 17.5 Å². The highest BCUT2D eigenvalue weighted by atomic mass is 32.1. The standard InChI is InChI=1S/C51H55N11O5S/c1-61-37-22-31(6-7-33(37)43(59-61)35-8-9-39(63)56-48(35)64)30-10-14-49(15-11-30)18-20-62(21-19-49)27-50(16-17-50)28-65-40-23-41(66-32-25-54-29-55-26-32)58-47(57-40)44-34-4-2-12-51(45(34)67-60-44)13-3-5-38-42(51)36(24-52)46(53)68-38/h6-7,22-23,25-26,29-30,35H,2-5,8-21,27-28,53H2,1H3,(H,56,63,64)/t35?,51-/m0/s1. The third-order valence-corrected chi connectivity index (χ3v) is 17.5. The lowest BCUT2D eigenvalue weighted by molar-refractivity contribution is -0.134. The van der Waals surface area contributed by atoms with E-state index in [1.807, 2.05) is 11.7 Å². The number of aryl methyl sites for hydroxylation is 2. The zero-order chi connectivity index (χ0) is 46.2. The van der Waals surface area contributed by atoms with Crippen molar-refractivity contribution in [3.05, 3.63) is 81.6 Å². The summed E-state index contributed by atoms with van der Waals surface area (Å²) in [6.07, 6.45) is 20.2. The number of likely N-dealkylation sites (tertiary alicyclic amines) is 1. The number of anilines is 1. The first-order valence-corrected chi connectivity index (χ1v) is 25.2. The van der Waals surface area contributed by atoms with Crippen molar-refractivity contribution in [1.82, 2.24) is 45.1 Å². The Morgan fingerprint density at radius 2 is 1.74 bits per heavy atom. The first kappa shape index (κ1) is 43.1. The molecular weight excluding hydrogens is 879 g/mol. The third kappa shape index (κ3) is 7.60. The van der Waals surface area contributed by atoms with E-state index in [-0.39, 0.29) is 17.2 Å². The van der Waals surface area contributed by atoms with Crippen LogP contribution >= 0.6 is 11.3 Å². The number of nitrogen functional groups attached to an aromatic ring is 1. The molecule has 2 saturated heterocycles. The van der Waals surface area contributed by atoms with Crippen molar-refractivity contribution in [3.63, 3.8) is 0 Å². The fourth-order valence-electron chi connectivity index (χ4n) is 12.6. The molecule has 0 radical (unpaired) electrons. The smallest absolute Gasteiger partial charge is 0.235 e. The Morgan fingerprint density at radius 1 is 0.956 bits per heavy atom. The monoisotopic (exact) mass is 933 g/mol. The number of fused-ring (bicyclic) bond motifs is 5. The van der Waals surface area contributed by atoms with Gasteiger partial charge >= 0.3 is 0 Å². The summed E-state index contributed by atoms with van der Waals surface area (Å²) in [7, 11) is 1.95. The molecular formula is C51H55N11O5S. The summed E-state index contributed by atoms with van der Waals surface area (Å²) in [5, 5.41) is 23.7. The quantitative estimate of drug-likeness (QED) is 0.124. The molecule has 12 rings (SSSR count). The number of piperidine rings is 2. The van der Waals surface area contributed by atoms with Crippen LogP contribution in [0, 0.1) is 22.2 Å². The van der Waals surface area contributed by atoms with Crippen LogP contribution in [0.4, 0.5) is 5.00 Å². The summed E-state index contributed by atoms with van der Waals surface area (Å²) >= 11 is 1.53. The molecule has 2 atom stereocenters. The fraction of sp³-hybridized carbons (Fsp3) is 0.510. The summed E-state index contributed by atoms with van der Waals surface area (Å²) in [4.78, 5) is 46.4. The zero-order valence-electron chi connectivity index (χ0n) is 38.4. The van der Waals surface area contributed by atoms with Gasteiger partial charge in [0.15, 0.2) is 23.0 Å². The highest BCUT2D eigenvalue weighted by Crippen LogP contribution is 2.56. The van der Waals surface area contributed by atoms with Crippen molar-refractivity contribution in [2.45, 2.75) is 120 Å². The number of amides is 2. The summed E-state index contributed by atoms with van der Waals surface area (Å²) in [5.41, 5.74) is 12.7. The molecule has 6 aliphatic rings. The van der Waals surface area contributed by atoms with Crippen LogP contribution in [0.15, 0.2) is 47.5 Å². The van der Waals surface area contributed by atoms with Gasteiger partial charge in [-0.3, -0.25) is 19.6 Å². The topological polar surface area (TPSA) is 213 Å². The Balaban J connectivity index is 0.712. The molecule has 17 heteroatoms. The number of carbonyl (C=O) groups excluding carboxylic acids is 2. The minimum atomic E-state index is -0.462. The molecule has 1 aromatic carbocycles. The summed E-state index contributed by atoms with van der Waals surface area (Å²) in [6.45, 7) is 3.73. The highest BCUT2D eigenvalue weighted by molar-refractivity contribution is 7.16. The number of ether oxygens (including phenoxy) is 2. The number of nitrogens with one attached hydrogen (secondary N) is 1. The van der Waals surface area contributed by atoms with Gasteiger partial charge < -0.3 is 24.6 Å². The molecule has 6 aromatic rings. The number of imide groups is 1. The van der Waals surface area contributed by atoms with E-state index >= 15 is 0 Å². The molecule has 2 amide bonds. The molecule has 350 valence electrons. The molecule has 1 unspecified atom stereocenters. The number of aromatic nitrogens is 7. The molecule has 5 aromatic heterocycles. The number of thiophene rings is 1. The zero-order valence-corrected chi connectivity index (χ0v) is 39.2. The van der Waals surface area contributed by atoms with E-state index in [1.165, 1.54) is 66.6 Å². The number of rotatable bonds is 10. The first-order valence-electron chi connectivity index (χ1n) is 24.4. The number of nitrogens with two attached hydrogens (primary N) is 1. The van der Waals surface area contributed by atoms with E-state index in [0.29, 0.717) is 70.4 Å². The number of benzene rings is 1. The predicted molar refractivity (Wildman–Crippen MR) is 252 cm³/mol. The van der Waals surface area contributed by atoms with E-state index in [1.54, 1.807) is 18.5 Å². The minimum absolute atomic E-state index is 0.0586. The molecule has 2 spiro atoms. The number of hydrogen-bond acceptors (Lipinski definition) is 15. The molecule has 4 fully saturated rings. The number of nitriles is 1. The van der Waals surface area contributed by atoms with Crippen molar-refractivity contribution in [3.8, 4) is 35.1 Å². The van der Waals surface area contributed by atoms with Gasteiger partial charge in [-0.05, 0) is 138 Å². The van der Waals surface area contributed by atoms with Crippen LogP contribution in [0.1, 0.15) is 140 Å². The van der Waals surface area contributed by atoms with Crippen LogP contribution < -0.4 is 20.5 Å². The molecule has 0 bridgehead atoms. The predicted octanol–water partition coefficient (Wildman–Crippen LogP) is 8.19. The maximum atomic E-state index is 12.7. The molecule has 68 heavy (non-hydrogen) atoms. The maximum absolute atomic E-state index is 12.7. The van der Waals surface area contributed by atoms with Gasteiger partial charge in [0.05, 0.1) is 53.2 Å². The number of carbonyl (C=O) groups is 2.